The Hall–Kier alpha value is -1.56. The summed E-state index contributed by atoms with van der Waals surface area (Å²) in [7, 11) is 0. The van der Waals surface area contributed by atoms with Crippen LogP contribution in [-0.4, -0.2) is 22.3 Å². The van der Waals surface area contributed by atoms with E-state index in [1.54, 1.807) is 6.08 Å². The van der Waals surface area contributed by atoms with Crippen LogP contribution in [0.1, 0.15) is 25.8 Å². The van der Waals surface area contributed by atoms with Crippen LogP contribution in [0.4, 0.5) is 0 Å². The molecule has 0 saturated carbocycles. The molecule has 0 aliphatic carbocycles. The molecule has 22 heavy (non-hydrogen) atoms. The SMILES string of the molecule is C=CC[S+]([O-])c1ccc(/C(C)=C/C2NNC(=O)CC2C)cc1. The summed E-state index contributed by atoms with van der Waals surface area (Å²) in [4.78, 5) is 12.1. The van der Waals surface area contributed by atoms with Crippen LogP contribution >= 0.6 is 0 Å². The summed E-state index contributed by atoms with van der Waals surface area (Å²) in [5, 5.41) is 0. The van der Waals surface area contributed by atoms with Crippen molar-refractivity contribution in [3.8, 4) is 0 Å². The van der Waals surface area contributed by atoms with Gasteiger partial charge in [0, 0.05) is 12.5 Å². The Balaban J connectivity index is 2.08. The lowest BCUT2D eigenvalue weighted by molar-refractivity contribution is -0.125. The van der Waals surface area contributed by atoms with Gasteiger partial charge in [-0.25, -0.2) is 5.43 Å². The number of carbonyl (C=O) groups is 1. The predicted molar refractivity (Wildman–Crippen MR) is 90.4 cm³/mol. The fourth-order valence-corrected chi connectivity index (χ4v) is 3.27. The Morgan fingerprint density at radius 2 is 2.14 bits per heavy atom. The van der Waals surface area contributed by atoms with Gasteiger partial charge in [0.25, 0.3) is 0 Å². The van der Waals surface area contributed by atoms with Gasteiger partial charge in [0.15, 0.2) is 4.90 Å². The molecule has 1 aromatic rings. The van der Waals surface area contributed by atoms with Gasteiger partial charge >= 0.3 is 0 Å². The fourth-order valence-electron chi connectivity index (χ4n) is 2.42. The molecular formula is C17H22N2O2S. The molecule has 0 radical (unpaired) electrons. The summed E-state index contributed by atoms with van der Waals surface area (Å²) in [6.45, 7) is 7.71. The van der Waals surface area contributed by atoms with Gasteiger partial charge in [-0.3, -0.25) is 10.2 Å². The number of nitrogens with one attached hydrogen (secondary N) is 2. The molecule has 1 aliphatic rings. The van der Waals surface area contributed by atoms with Crippen molar-refractivity contribution in [3.63, 3.8) is 0 Å². The zero-order valence-electron chi connectivity index (χ0n) is 13.0. The highest BCUT2D eigenvalue weighted by Gasteiger charge is 2.23. The van der Waals surface area contributed by atoms with E-state index in [9.17, 15) is 9.35 Å². The molecule has 0 bridgehead atoms. The Bertz CT molecular complexity index is 569. The molecule has 1 saturated heterocycles. The van der Waals surface area contributed by atoms with E-state index < -0.39 is 11.2 Å². The number of benzene rings is 1. The van der Waals surface area contributed by atoms with E-state index in [2.05, 4.69) is 30.4 Å². The maximum Gasteiger partial charge on any atom is 0.234 e. The van der Waals surface area contributed by atoms with Crippen molar-refractivity contribution in [2.45, 2.75) is 31.2 Å². The van der Waals surface area contributed by atoms with Crippen molar-refractivity contribution in [3.05, 3.63) is 48.6 Å². The average molecular weight is 318 g/mol. The van der Waals surface area contributed by atoms with E-state index in [0.717, 1.165) is 16.0 Å². The Labute approximate surface area is 134 Å². The van der Waals surface area contributed by atoms with Gasteiger partial charge in [-0.05, 0) is 65.5 Å². The van der Waals surface area contributed by atoms with E-state index >= 15 is 0 Å². The van der Waals surface area contributed by atoms with Crippen LogP contribution in [0.2, 0.25) is 0 Å². The summed E-state index contributed by atoms with van der Waals surface area (Å²) in [5.41, 5.74) is 7.92. The number of hydrogen-bond acceptors (Lipinski definition) is 3. The quantitative estimate of drug-likeness (QED) is 0.647. The number of allylic oxidation sites excluding steroid dienone is 1. The van der Waals surface area contributed by atoms with Crippen molar-refractivity contribution in [1.29, 1.82) is 0 Å². The molecule has 1 heterocycles. The molecule has 2 rings (SSSR count). The van der Waals surface area contributed by atoms with Gasteiger partial charge < -0.3 is 4.55 Å². The lowest BCUT2D eigenvalue weighted by Gasteiger charge is -2.28. The van der Waals surface area contributed by atoms with Gasteiger partial charge in [-0.15, -0.1) is 0 Å². The molecule has 0 aromatic heterocycles. The van der Waals surface area contributed by atoms with Crippen molar-refractivity contribution < 1.29 is 9.35 Å². The van der Waals surface area contributed by atoms with Crippen LogP contribution in [0, 0.1) is 5.92 Å². The van der Waals surface area contributed by atoms with Gasteiger partial charge in [0.05, 0.1) is 0 Å². The molecular weight excluding hydrogens is 296 g/mol. The molecule has 118 valence electrons. The molecule has 1 fully saturated rings. The zero-order chi connectivity index (χ0) is 16.1. The molecule has 2 N–H and O–H groups in total. The van der Waals surface area contributed by atoms with Crippen LogP contribution in [0.25, 0.3) is 5.57 Å². The van der Waals surface area contributed by atoms with Gasteiger partial charge in [0.2, 0.25) is 5.91 Å². The molecule has 3 atom stereocenters. The second kappa shape index (κ2) is 7.63. The number of carbonyl (C=O) groups excluding carboxylic acids is 1. The molecule has 0 spiro atoms. The van der Waals surface area contributed by atoms with Gasteiger partial charge in [0.1, 0.15) is 5.75 Å². The van der Waals surface area contributed by atoms with Crippen LogP contribution < -0.4 is 10.9 Å². The summed E-state index contributed by atoms with van der Waals surface area (Å²) in [5.74, 6) is 0.754. The first kappa shape index (κ1) is 16.8. The number of hydrazine groups is 1. The predicted octanol–water partition coefficient (Wildman–Crippen LogP) is 2.41. The fraction of sp³-hybridized carbons (Fsp3) is 0.353. The second-order valence-corrected chi connectivity index (χ2v) is 7.07. The van der Waals surface area contributed by atoms with E-state index in [1.165, 1.54) is 0 Å². The second-order valence-electron chi connectivity index (χ2n) is 5.57. The number of hydrogen-bond donors (Lipinski definition) is 2. The van der Waals surface area contributed by atoms with Crippen LogP contribution in [0.15, 0.2) is 47.9 Å². The van der Waals surface area contributed by atoms with Crippen LogP contribution in [0.3, 0.4) is 0 Å². The molecule has 3 unspecified atom stereocenters. The lowest BCUT2D eigenvalue weighted by Crippen LogP contribution is -2.52. The van der Waals surface area contributed by atoms with Crippen molar-refractivity contribution in [2.75, 3.05) is 5.75 Å². The summed E-state index contributed by atoms with van der Waals surface area (Å²) >= 11 is -1.02. The third kappa shape index (κ3) is 4.22. The summed E-state index contributed by atoms with van der Waals surface area (Å²) < 4.78 is 11.9. The normalized spacial score (nSPS) is 23.8. The van der Waals surface area contributed by atoms with E-state index in [4.69, 9.17) is 0 Å². The smallest absolute Gasteiger partial charge is 0.234 e. The third-order valence-electron chi connectivity index (χ3n) is 3.77. The Kier molecular flexibility index (Phi) is 5.83. The number of amides is 1. The molecule has 1 amide bonds. The minimum absolute atomic E-state index is 0.0313. The summed E-state index contributed by atoms with van der Waals surface area (Å²) in [6, 6.07) is 7.87. The first-order chi connectivity index (χ1) is 10.5. The summed E-state index contributed by atoms with van der Waals surface area (Å²) in [6.07, 6.45) is 4.32. The molecule has 5 heteroatoms. The first-order valence-electron chi connectivity index (χ1n) is 7.33. The molecule has 4 nitrogen and oxygen atoms in total. The largest absolute Gasteiger partial charge is 0.611 e. The lowest BCUT2D eigenvalue weighted by atomic mass is 9.93. The Morgan fingerprint density at radius 1 is 1.45 bits per heavy atom. The molecule has 1 aromatic carbocycles. The maximum absolute atomic E-state index is 11.9. The minimum Gasteiger partial charge on any atom is -0.611 e. The van der Waals surface area contributed by atoms with E-state index in [-0.39, 0.29) is 17.9 Å². The van der Waals surface area contributed by atoms with Crippen molar-refractivity contribution in [2.24, 2.45) is 5.92 Å². The average Bonchev–Trinajstić information content (AvgIpc) is 2.50. The van der Waals surface area contributed by atoms with E-state index in [1.807, 2.05) is 31.2 Å². The highest BCUT2D eigenvalue weighted by atomic mass is 32.2. The van der Waals surface area contributed by atoms with Gasteiger partial charge in [-0.1, -0.05) is 19.6 Å². The standard InChI is InChI=1S/C17H22N2O2S/c1-4-9-22(21)15-7-5-14(6-8-15)12(2)10-16-13(3)11-17(20)19-18-16/h4-8,10,13,16,18H,1,9,11H2,2-3H3,(H,19,20)/b12-10+. The third-order valence-corrected chi connectivity index (χ3v) is 5.11. The van der Waals surface area contributed by atoms with Crippen molar-refractivity contribution >= 4 is 22.7 Å². The zero-order valence-corrected chi connectivity index (χ0v) is 13.8. The van der Waals surface area contributed by atoms with E-state index in [0.29, 0.717) is 12.2 Å². The van der Waals surface area contributed by atoms with Crippen LogP contribution in [-0.2, 0) is 16.0 Å². The van der Waals surface area contributed by atoms with Crippen LogP contribution in [0.5, 0.6) is 0 Å². The van der Waals surface area contributed by atoms with Crippen molar-refractivity contribution in [1.82, 2.24) is 10.9 Å². The number of rotatable bonds is 5. The Morgan fingerprint density at radius 3 is 2.73 bits per heavy atom. The minimum atomic E-state index is -1.02. The van der Waals surface area contributed by atoms with Gasteiger partial charge in [-0.2, -0.15) is 0 Å². The topological polar surface area (TPSA) is 64.2 Å². The maximum atomic E-state index is 11.9. The molecule has 1 aliphatic heterocycles. The highest BCUT2D eigenvalue weighted by molar-refractivity contribution is 7.91. The highest BCUT2D eigenvalue weighted by Crippen LogP contribution is 2.21. The first-order valence-corrected chi connectivity index (χ1v) is 8.65. The monoisotopic (exact) mass is 318 g/mol.